The number of guanidine groups is 1. The molecule has 3 N–H and O–H groups in total. The first-order chi connectivity index (χ1) is 9.32. The van der Waals surface area contributed by atoms with E-state index in [1.54, 1.807) is 4.90 Å². The van der Waals surface area contributed by atoms with Crippen LogP contribution in [0.1, 0.15) is 25.5 Å². The fourth-order valence-electron chi connectivity index (χ4n) is 2.00. The number of fused-ring (bicyclic) bond motifs is 1. The minimum Gasteiger partial charge on any atom is -0.333 e. The summed E-state index contributed by atoms with van der Waals surface area (Å²) in [5, 5.41) is 6.82. The van der Waals surface area contributed by atoms with E-state index in [0.717, 1.165) is 4.57 Å². The Hall–Kier alpha value is -1.84. The minimum atomic E-state index is -4.49. The van der Waals surface area contributed by atoms with Crippen molar-refractivity contribution >= 4 is 5.96 Å². The number of nitrogens with two attached hydrogens (primary N) is 1. The molecule has 2 heterocycles. The zero-order valence-electron chi connectivity index (χ0n) is 11.1. The van der Waals surface area contributed by atoms with Crippen LogP contribution in [-0.4, -0.2) is 38.2 Å². The van der Waals surface area contributed by atoms with Crippen molar-refractivity contribution in [3.8, 4) is 0 Å². The van der Waals surface area contributed by atoms with Crippen molar-refractivity contribution in [3.63, 3.8) is 0 Å². The average molecular weight is 291 g/mol. The summed E-state index contributed by atoms with van der Waals surface area (Å²) in [5.41, 5.74) is 2.47. The number of rotatable bonds is 1. The molecular formula is C10H16F3N7. The molecule has 0 spiro atoms. The molecule has 0 fully saturated rings. The van der Waals surface area contributed by atoms with E-state index < -0.39 is 12.0 Å². The monoisotopic (exact) mass is 291 g/mol. The molecule has 1 aliphatic heterocycles. The van der Waals surface area contributed by atoms with Gasteiger partial charge in [-0.3, -0.25) is 5.43 Å². The highest BCUT2D eigenvalue weighted by atomic mass is 19.4. The second-order valence-electron chi connectivity index (χ2n) is 4.70. The molecule has 0 bridgehead atoms. The molecule has 0 radical (unpaired) electrons. The van der Waals surface area contributed by atoms with E-state index in [4.69, 9.17) is 5.84 Å². The second kappa shape index (κ2) is 5.27. The van der Waals surface area contributed by atoms with Crippen molar-refractivity contribution in [3.05, 3.63) is 11.6 Å². The molecule has 20 heavy (non-hydrogen) atoms. The van der Waals surface area contributed by atoms with Crippen LogP contribution in [0.2, 0.25) is 0 Å². The summed E-state index contributed by atoms with van der Waals surface area (Å²) in [4.78, 5) is 6.01. The molecule has 0 atom stereocenters. The van der Waals surface area contributed by atoms with Crippen molar-refractivity contribution in [1.29, 1.82) is 0 Å². The Morgan fingerprint density at radius 3 is 2.60 bits per heavy atom. The fraction of sp³-hybridized carbons (Fsp3) is 0.700. The number of nitrogens with zero attached hydrogens (tertiary/aromatic N) is 5. The second-order valence-corrected chi connectivity index (χ2v) is 4.70. The van der Waals surface area contributed by atoms with E-state index in [1.165, 1.54) is 0 Å². The van der Waals surface area contributed by atoms with Gasteiger partial charge in [0.2, 0.25) is 11.8 Å². The normalized spacial score (nSPS) is 16.6. The number of aromatic nitrogens is 3. The molecule has 7 nitrogen and oxygen atoms in total. The number of aliphatic imine (C=N–C) groups is 1. The summed E-state index contributed by atoms with van der Waals surface area (Å²) >= 11 is 0. The average Bonchev–Trinajstić information content (AvgIpc) is 2.78. The molecule has 0 amide bonds. The first kappa shape index (κ1) is 14.6. The molecule has 1 aromatic rings. The lowest BCUT2D eigenvalue weighted by Crippen LogP contribution is -2.48. The first-order valence-electron chi connectivity index (χ1n) is 6.11. The van der Waals surface area contributed by atoms with Gasteiger partial charge < -0.3 is 9.47 Å². The fourth-order valence-corrected chi connectivity index (χ4v) is 2.00. The van der Waals surface area contributed by atoms with Crippen LogP contribution >= 0.6 is 0 Å². The number of alkyl halides is 3. The Balaban J connectivity index is 2.22. The molecule has 0 aromatic carbocycles. The summed E-state index contributed by atoms with van der Waals surface area (Å²) in [6.45, 7) is 4.43. The number of hydrogen-bond donors (Lipinski definition) is 2. The lowest BCUT2D eigenvalue weighted by Gasteiger charge is -2.30. The number of hydrogen-bond acceptors (Lipinski definition) is 4. The molecule has 0 unspecified atom stereocenters. The van der Waals surface area contributed by atoms with E-state index in [-0.39, 0.29) is 25.0 Å². The van der Waals surface area contributed by atoms with Gasteiger partial charge in [0.1, 0.15) is 0 Å². The zero-order chi connectivity index (χ0) is 14.9. The van der Waals surface area contributed by atoms with E-state index in [0.29, 0.717) is 12.5 Å². The predicted molar refractivity (Wildman–Crippen MR) is 65.3 cm³/mol. The van der Waals surface area contributed by atoms with Crippen LogP contribution in [0.15, 0.2) is 4.99 Å². The summed E-state index contributed by atoms with van der Waals surface area (Å²) < 4.78 is 39.2. The number of hydrazine groups is 1. The molecule has 0 saturated heterocycles. The highest BCUT2D eigenvalue weighted by Gasteiger charge is 2.39. The quantitative estimate of drug-likeness (QED) is 0.337. The standard InChI is InChI=1S/C10H16F3N7/c1-6(2)15-9(16-14)19-3-4-20-7(5-19)17-18-8(20)10(11,12)13/h6H,3-5,14H2,1-2H3,(H,15,16). The molecule has 0 saturated carbocycles. The van der Waals surface area contributed by atoms with E-state index in [1.807, 2.05) is 13.8 Å². The molecule has 10 heteroatoms. The smallest absolute Gasteiger partial charge is 0.333 e. The maximum absolute atomic E-state index is 12.7. The van der Waals surface area contributed by atoms with Crippen molar-refractivity contribution in [2.45, 2.75) is 39.2 Å². The number of halogens is 3. The van der Waals surface area contributed by atoms with Gasteiger partial charge >= 0.3 is 6.18 Å². The topological polar surface area (TPSA) is 84.4 Å². The molecule has 0 aliphatic carbocycles. The van der Waals surface area contributed by atoms with Crippen LogP contribution in [0.5, 0.6) is 0 Å². The van der Waals surface area contributed by atoms with Gasteiger partial charge in [-0.05, 0) is 13.8 Å². The van der Waals surface area contributed by atoms with Gasteiger partial charge in [0, 0.05) is 19.1 Å². The Morgan fingerprint density at radius 2 is 2.05 bits per heavy atom. The van der Waals surface area contributed by atoms with E-state index >= 15 is 0 Å². The van der Waals surface area contributed by atoms with Gasteiger partial charge in [0.25, 0.3) is 0 Å². The summed E-state index contributed by atoms with van der Waals surface area (Å²) in [7, 11) is 0. The molecule has 1 aliphatic rings. The minimum absolute atomic E-state index is 0.0200. The number of nitrogens with one attached hydrogen (secondary N) is 1. The first-order valence-corrected chi connectivity index (χ1v) is 6.11. The van der Waals surface area contributed by atoms with Crippen LogP contribution in [0.3, 0.4) is 0 Å². The summed E-state index contributed by atoms with van der Waals surface area (Å²) in [6, 6.07) is 0.0200. The molecule has 112 valence electrons. The van der Waals surface area contributed by atoms with E-state index in [2.05, 4.69) is 20.6 Å². The van der Waals surface area contributed by atoms with Gasteiger partial charge in [-0.1, -0.05) is 0 Å². The third-order valence-corrected chi connectivity index (χ3v) is 2.82. The maximum atomic E-state index is 12.7. The highest BCUT2D eigenvalue weighted by Crippen LogP contribution is 2.29. The van der Waals surface area contributed by atoms with Crippen LogP contribution < -0.4 is 11.3 Å². The summed E-state index contributed by atoms with van der Waals surface area (Å²) in [5.74, 6) is 5.12. The largest absolute Gasteiger partial charge is 0.451 e. The van der Waals surface area contributed by atoms with Gasteiger partial charge in [-0.2, -0.15) is 13.2 Å². The van der Waals surface area contributed by atoms with Crippen molar-refractivity contribution < 1.29 is 13.2 Å². The van der Waals surface area contributed by atoms with Gasteiger partial charge in [0.05, 0.1) is 6.54 Å². The van der Waals surface area contributed by atoms with Crippen molar-refractivity contribution in [1.82, 2.24) is 25.1 Å². The van der Waals surface area contributed by atoms with Crippen LogP contribution in [0.4, 0.5) is 13.2 Å². The van der Waals surface area contributed by atoms with Gasteiger partial charge in [-0.25, -0.2) is 10.8 Å². The Labute approximate surface area is 113 Å². The predicted octanol–water partition coefficient (Wildman–Crippen LogP) is 0.340. The molecule has 1 aromatic heterocycles. The lowest BCUT2D eigenvalue weighted by molar-refractivity contribution is -0.147. The lowest BCUT2D eigenvalue weighted by atomic mass is 10.3. The van der Waals surface area contributed by atoms with Crippen LogP contribution in [0, 0.1) is 0 Å². The van der Waals surface area contributed by atoms with Crippen molar-refractivity contribution in [2.24, 2.45) is 10.8 Å². The molecular weight excluding hydrogens is 275 g/mol. The van der Waals surface area contributed by atoms with Crippen molar-refractivity contribution in [2.75, 3.05) is 6.54 Å². The maximum Gasteiger partial charge on any atom is 0.451 e. The Morgan fingerprint density at radius 1 is 1.35 bits per heavy atom. The Kier molecular flexibility index (Phi) is 3.84. The third-order valence-electron chi connectivity index (χ3n) is 2.82. The molecule has 2 rings (SSSR count). The highest BCUT2D eigenvalue weighted by molar-refractivity contribution is 5.79. The van der Waals surface area contributed by atoms with Crippen LogP contribution in [0.25, 0.3) is 0 Å². The Bertz CT molecular complexity index is 505. The SMILES string of the molecule is CC(C)N=C(NN)N1CCn2c(nnc2C(F)(F)F)C1. The zero-order valence-corrected chi connectivity index (χ0v) is 11.1. The summed E-state index contributed by atoms with van der Waals surface area (Å²) in [6.07, 6.45) is -4.49. The van der Waals surface area contributed by atoms with E-state index in [9.17, 15) is 13.2 Å². The third kappa shape index (κ3) is 2.84. The van der Waals surface area contributed by atoms with Gasteiger partial charge in [0.15, 0.2) is 5.82 Å². The van der Waals surface area contributed by atoms with Crippen LogP contribution in [-0.2, 0) is 19.3 Å². The van der Waals surface area contributed by atoms with Gasteiger partial charge in [-0.15, -0.1) is 10.2 Å².